The minimum absolute atomic E-state index is 0.000900. The summed E-state index contributed by atoms with van der Waals surface area (Å²) in [6.07, 6.45) is 4.01. The van der Waals surface area contributed by atoms with Crippen LogP contribution in [0.3, 0.4) is 0 Å². The smallest absolute Gasteiger partial charge is 0.316 e. The van der Waals surface area contributed by atoms with Crippen LogP contribution in [0.25, 0.3) is 0 Å². The Labute approximate surface area is 131 Å². The van der Waals surface area contributed by atoms with Crippen molar-refractivity contribution < 1.29 is 9.59 Å². The molecular weight excluding hydrogens is 302 g/mol. The molecule has 0 atom stereocenters. The van der Waals surface area contributed by atoms with Crippen LogP contribution in [0.1, 0.15) is 29.2 Å². The molecule has 1 saturated carbocycles. The zero-order chi connectivity index (χ0) is 15.5. The molecule has 0 bridgehead atoms. The molecule has 22 heavy (non-hydrogen) atoms. The maximum Gasteiger partial charge on any atom is 0.316 e. The van der Waals surface area contributed by atoms with E-state index >= 15 is 0 Å². The molecule has 0 radical (unpaired) electrons. The van der Waals surface area contributed by atoms with Crippen LogP contribution < -0.4 is 11.1 Å². The minimum atomic E-state index is -0.631. The summed E-state index contributed by atoms with van der Waals surface area (Å²) < 4.78 is 2.03. The molecule has 1 aromatic heterocycles. The molecule has 2 amide bonds. The van der Waals surface area contributed by atoms with Crippen LogP contribution >= 0.6 is 11.8 Å². The van der Waals surface area contributed by atoms with Crippen LogP contribution in [0, 0.1) is 0 Å². The van der Waals surface area contributed by atoms with Gasteiger partial charge in [-0.2, -0.15) is 0 Å². The second kappa shape index (κ2) is 6.18. The van der Waals surface area contributed by atoms with Gasteiger partial charge in [-0.1, -0.05) is 11.8 Å². The zero-order valence-corrected chi connectivity index (χ0v) is 12.5. The van der Waals surface area contributed by atoms with E-state index in [2.05, 4.69) is 15.5 Å². The molecule has 3 N–H and O–H groups in total. The Hall–Kier alpha value is -2.35. The normalized spacial score (nSPS) is 13.8. The van der Waals surface area contributed by atoms with Crippen molar-refractivity contribution in [3.05, 3.63) is 36.2 Å². The standard InChI is InChI=1S/C14H15N5O2S/c15-13(21)17-10-3-1-9(2-4-10)12(20)7-22-14-18-16-8-19(14)11-5-6-11/h1-4,8,11H,5-7H2,(H3,15,17,21). The number of carbonyl (C=O) groups excluding carboxylic acids is 2. The van der Waals surface area contributed by atoms with Gasteiger partial charge in [0.05, 0.1) is 5.75 Å². The van der Waals surface area contributed by atoms with Crippen molar-refractivity contribution in [2.45, 2.75) is 24.0 Å². The van der Waals surface area contributed by atoms with Crippen molar-refractivity contribution in [1.82, 2.24) is 14.8 Å². The number of carbonyl (C=O) groups is 2. The first-order valence-electron chi connectivity index (χ1n) is 6.85. The summed E-state index contributed by atoms with van der Waals surface area (Å²) in [4.78, 5) is 22.9. The number of hydrogen-bond donors (Lipinski definition) is 2. The van der Waals surface area contributed by atoms with E-state index in [0.717, 1.165) is 18.0 Å². The molecule has 0 aliphatic heterocycles. The molecule has 3 rings (SSSR count). The van der Waals surface area contributed by atoms with Gasteiger partial charge in [-0.25, -0.2) is 4.79 Å². The zero-order valence-electron chi connectivity index (χ0n) is 11.7. The summed E-state index contributed by atoms with van der Waals surface area (Å²) >= 11 is 1.39. The van der Waals surface area contributed by atoms with Crippen LogP contribution in [0.15, 0.2) is 35.7 Å². The average molecular weight is 317 g/mol. The molecule has 1 heterocycles. The number of anilines is 1. The van der Waals surface area contributed by atoms with E-state index in [9.17, 15) is 9.59 Å². The number of ketones is 1. The molecule has 0 unspecified atom stereocenters. The number of nitrogens with one attached hydrogen (secondary N) is 1. The van der Waals surface area contributed by atoms with Gasteiger partial charge in [0.2, 0.25) is 0 Å². The maximum absolute atomic E-state index is 12.2. The van der Waals surface area contributed by atoms with Gasteiger partial charge in [-0.3, -0.25) is 4.79 Å². The summed E-state index contributed by atoms with van der Waals surface area (Å²) in [5.74, 6) is 0.301. The lowest BCUT2D eigenvalue weighted by Gasteiger charge is -2.05. The number of hydrogen-bond acceptors (Lipinski definition) is 5. The Morgan fingerprint density at radius 2 is 2.05 bits per heavy atom. The number of Topliss-reactive ketones (excluding diaryl/α,β-unsaturated/α-hetero) is 1. The highest BCUT2D eigenvalue weighted by Gasteiger charge is 2.26. The van der Waals surface area contributed by atoms with E-state index in [4.69, 9.17) is 5.73 Å². The van der Waals surface area contributed by atoms with E-state index in [1.807, 2.05) is 4.57 Å². The molecule has 1 aliphatic rings. The van der Waals surface area contributed by atoms with Crippen molar-refractivity contribution in [3.63, 3.8) is 0 Å². The quantitative estimate of drug-likeness (QED) is 0.627. The Morgan fingerprint density at radius 1 is 1.32 bits per heavy atom. The monoisotopic (exact) mass is 317 g/mol. The van der Waals surface area contributed by atoms with E-state index in [1.54, 1.807) is 30.6 Å². The number of rotatable bonds is 6. The van der Waals surface area contributed by atoms with E-state index in [-0.39, 0.29) is 5.78 Å². The predicted molar refractivity (Wildman–Crippen MR) is 83.0 cm³/mol. The number of thioether (sulfide) groups is 1. The molecule has 0 saturated heterocycles. The van der Waals surface area contributed by atoms with Crippen LogP contribution in [0.4, 0.5) is 10.5 Å². The minimum Gasteiger partial charge on any atom is -0.351 e. The van der Waals surface area contributed by atoms with E-state index < -0.39 is 6.03 Å². The van der Waals surface area contributed by atoms with Crippen molar-refractivity contribution in [3.8, 4) is 0 Å². The third-order valence-corrected chi connectivity index (χ3v) is 4.24. The van der Waals surface area contributed by atoms with Crippen molar-refractivity contribution in [2.75, 3.05) is 11.1 Å². The third kappa shape index (κ3) is 3.45. The fraction of sp³-hybridized carbons (Fsp3) is 0.286. The van der Waals surface area contributed by atoms with Gasteiger partial charge in [0.1, 0.15) is 6.33 Å². The molecule has 114 valence electrons. The highest BCUT2D eigenvalue weighted by Crippen LogP contribution is 2.37. The van der Waals surface area contributed by atoms with Gasteiger partial charge in [-0.15, -0.1) is 10.2 Å². The number of benzene rings is 1. The lowest BCUT2D eigenvalue weighted by Crippen LogP contribution is -2.19. The molecule has 0 spiro atoms. The van der Waals surface area contributed by atoms with E-state index in [1.165, 1.54) is 11.8 Å². The maximum atomic E-state index is 12.2. The van der Waals surface area contributed by atoms with Crippen LogP contribution in [-0.2, 0) is 0 Å². The lowest BCUT2D eigenvalue weighted by molar-refractivity contribution is 0.102. The summed E-state index contributed by atoms with van der Waals surface area (Å²) in [5.41, 5.74) is 6.18. The predicted octanol–water partition coefficient (Wildman–Crippen LogP) is 2.08. The summed E-state index contributed by atoms with van der Waals surface area (Å²) in [6, 6.07) is 6.49. The number of aromatic nitrogens is 3. The molecule has 1 aromatic carbocycles. The first kappa shape index (κ1) is 14.6. The molecule has 2 aromatic rings. The Bertz CT molecular complexity index is 694. The highest BCUT2D eigenvalue weighted by molar-refractivity contribution is 7.99. The fourth-order valence-corrected chi connectivity index (χ4v) is 2.91. The Balaban J connectivity index is 1.59. The summed E-state index contributed by atoms with van der Waals surface area (Å²) in [6.45, 7) is 0. The number of nitrogens with zero attached hydrogens (tertiary/aromatic N) is 3. The topological polar surface area (TPSA) is 103 Å². The van der Waals surface area contributed by atoms with Crippen molar-refractivity contribution in [1.29, 1.82) is 0 Å². The van der Waals surface area contributed by atoms with Crippen LogP contribution in [-0.4, -0.2) is 32.3 Å². The number of urea groups is 1. The van der Waals surface area contributed by atoms with Gasteiger partial charge >= 0.3 is 6.03 Å². The SMILES string of the molecule is NC(=O)Nc1ccc(C(=O)CSc2nncn2C2CC2)cc1. The number of amides is 2. The third-order valence-electron chi connectivity index (χ3n) is 3.29. The molecular formula is C14H15N5O2S. The first-order chi connectivity index (χ1) is 10.6. The molecule has 7 nitrogen and oxygen atoms in total. The Kier molecular flexibility index (Phi) is 4.10. The molecule has 1 aliphatic carbocycles. The Morgan fingerprint density at radius 3 is 2.68 bits per heavy atom. The first-order valence-corrected chi connectivity index (χ1v) is 7.84. The second-order valence-corrected chi connectivity index (χ2v) is 5.97. The molecule has 1 fully saturated rings. The van der Waals surface area contributed by atoms with Crippen LogP contribution in [0.2, 0.25) is 0 Å². The van der Waals surface area contributed by atoms with Gasteiger partial charge in [0, 0.05) is 17.3 Å². The van der Waals surface area contributed by atoms with Gasteiger partial charge in [0.15, 0.2) is 10.9 Å². The van der Waals surface area contributed by atoms with Crippen molar-refractivity contribution >= 4 is 29.3 Å². The van der Waals surface area contributed by atoms with Gasteiger partial charge in [-0.05, 0) is 37.1 Å². The fourth-order valence-electron chi connectivity index (χ4n) is 2.03. The van der Waals surface area contributed by atoms with Gasteiger partial charge in [0.25, 0.3) is 0 Å². The average Bonchev–Trinajstić information content (AvgIpc) is 3.23. The molecule has 8 heteroatoms. The second-order valence-electron chi connectivity index (χ2n) is 5.03. The summed E-state index contributed by atoms with van der Waals surface area (Å²) in [5, 5.41) is 11.2. The van der Waals surface area contributed by atoms with Crippen LogP contribution in [0.5, 0.6) is 0 Å². The largest absolute Gasteiger partial charge is 0.351 e. The number of nitrogens with two attached hydrogens (primary N) is 1. The van der Waals surface area contributed by atoms with Gasteiger partial charge < -0.3 is 15.6 Å². The van der Waals surface area contributed by atoms with Crippen molar-refractivity contribution in [2.24, 2.45) is 5.73 Å². The summed E-state index contributed by atoms with van der Waals surface area (Å²) in [7, 11) is 0. The lowest BCUT2D eigenvalue weighted by atomic mass is 10.1. The van der Waals surface area contributed by atoms with E-state index in [0.29, 0.717) is 23.0 Å². The number of primary amides is 1. The highest BCUT2D eigenvalue weighted by atomic mass is 32.2.